The van der Waals surface area contributed by atoms with Gasteiger partial charge in [-0.1, -0.05) is 20.8 Å². The summed E-state index contributed by atoms with van der Waals surface area (Å²) in [5, 5.41) is 15.2. The molecule has 1 saturated heterocycles. The number of fused-ring (bicyclic) bond motifs is 1. The molecule has 2 unspecified atom stereocenters. The Morgan fingerprint density at radius 1 is 1.31 bits per heavy atom. The molecule has 232 valence electrons. The highest BCUT2D eigenvalue weighted by molar-refractivity contribution is 5.79. The monoisotopic (exact) mass is 597 g/mol. The van der Waals surface area contributed by atoms with E-state index in [-0.39, 0.29) is 34.1 Å². The lowest BCUT2D eigenvalue weighted by Crippen LogP contribution is -2.33. The number of alkyl halides is 3. The highest BCUT2D eigenvalue weighted by atomic mass is 19.4. The summed E-state index contributed by atoms with van der Waals surface area (Å²) < 4.78 is 40.8. The standard InChI is InChI=1S/C15H27NO2.C10H9N5O2.C2H2F3NO/c1-11-9-16(10-14(11,3)4)13(17)8-12(2)18-15(5)6-7-15;1-14-2-3-15-9(10(14)17)7(5-13-15)8(4-11)12-6-16;3-2(4,5)1(6)7/h11-12H,6-10H2,1-5H3;2-3,5-6,8H,1H3,(H,12,16);(H2,6,7)/t11?,12-;;/m1../s1. The van der Waals surface area contributed by atoms with Crippen molar-refractivity contribution < 1.29 is 32.3 Å². The van der Waals surface area contributed by atoms with E-state index < -0.39 is 18.1 Å². The van der Waals surface area contributed by atoms with Gasteiger partial charge in [0.1, 0.15) is 11.6 Å². The molecule has 0 aromatic carbocycles. The van der Waals surface area contributed by atoms with Gasteiger partial charge in [-0.05, 0) is 38.0 Å². The van der Waals surface area contributed by atoms with Gasteiger partial charge in [0.15, 0.2) is 0 Å². The SMILES string of the molecule is CC1CN(C(=O)C[C@@H](C)OC2(C)CC2)CC1(C)C.Cn1ccn2ncc(C(C#N)NC=O)c2c1=O.NC(=O)C(F)(F)F. The predicted molar refractivity (Wildman–Crippen MR) is 146 cm³/mol. The van der Waals surface area contributed by atoms with Crippen molar-refractivity contribution in [3.63, 3.8) is 0 Å². The van der Waals surface area contributed by atoms with Crippen molar-refractivity contribution in [3.8, 4) is 6.07 Å². The fraction of sp³-hybridized carbons (Fsp3) is 0.630. The number of aryl methyl sites for hydroxylation is 1. The number of ether oxygens (including phenoxy) is 1. The molecule has 12 nitrogen and oxygen atoms in total. The van der Waals surface area contributed by atoms with E-state index >= 15 is 0 Å². The zero-order valence-electron chi connectivity index (χ0n) is 24.6. The largest absolute Gasteiger partial charge is 0.470 e. The van der Waals surface area contributed by atoms with E-state index in [0.717, 1.165) is 25.9 Å². The first-order valence-corrected chi connectivity index (χ1v) is 13.3. The Kier molecular flexibility index (Phi) is 10.9. The van der Waals surface area contributed by atoms with Crippen LogP contribution in [0, 0.1) is 22.7 Å². The molecular formula is C27H38F3N7O5. The molecule has 1 aliphatic heterocycles. The summed E-state index contributed by atoms with van der Waals surface area (Å²) in [4.78, 5) is 45.7. The van der Waals surface area contributed by atoms with Crippen LogP contribution < -0.4 is 16.6 Å². The zero-order valence-corrected chi connectivity index (χ0v) is 24.6. The highest BCUT2D eigenvalue weighted by Crippen LogP contribution is 2.40. The van der Waals surface area contributed by atoms with Gasteiger partial charge in [0.2, 0.25) is 12.3 Å². The Hall–Kier alpha value is -3.93. The minimum absolute atomic E-state index is 0.0454. The molecule has 42 heavy (non-hydrogen) atoms. The van der Waals surface area contributed by atoms with Gasteiger partial charge in [-0.2, -0.15) is 23.5 Å². The highest BCUT2D eigenvalue weighted by Gasteiger charge is 2.42. The van der Waals surface area contributed by atoms with E-state index in [0.29, 0.717) is 24.3 Å². The van der Waals surface area contributed by atoms with E-state index in [2.05, 4.69) is 43.8 Å². The fourth-order valence-electron chi connectivity index (χ4n) is 4.26. The Labute approximate surface area is 241 Å². The third-order valence-electron chi connectivity index (χ3n) is 7.41. The predicted octanol–water partition coefficient (Wildman–Crippen LogP) is 2.22. The van der Waals surface area contributed by atoms with E-state index in [1.807, 2.05) is 17.9 Å². The minimum atomic E-state index is -4.86. The molecule has 4 rings (SSSR count). The summed E-state index contributed by atoms with van der Waals surface area (Å²) in [5.74, 6) is -1.42. The second-order valence-electron chi connectivity index (χ2n) is 11.6. The van der Waals surface area contributed by atoms with Gasteiger partial charge in [-0.25, -0.2) is 4.52 Å². The van der Waals surface area contributed by atoms with Crippen molar-refractivity contribution in [2.45, 2.75) is 77.8 Å². The molecule has 3 amide bonds. The second kappa shape index (κ2) is 13.4. The van der Waals surface area contributed by atoms with Gasteiger partial charge in [-0.15, -0.1) is 0 Å². The summed E-state index contributed by atoms with van der Waals surface area (Å²) >= 11 is 0. The third-order valence-corrected chi connectivity index (χ3v) is 7.41. The number of carbonyl (C=O) groups is 3. The van der Waals surface area contributed by atoms with Crippen molar-refractivity contribution in [2.75, 3.05) is 13.1 Å². The van der Waals surface area contributed by atoms with E-state index in [1.165, 1.54) is 15.3 Å². The van der Waals surface area contributed by atoms with Gasteiger partial charge in [0.25, 0.3) is 5.56 Å². The molecule has 2 aliphatic rings. The Balaban J connectivity index is 0.000000241. The average Bonchev–Trinajstić information content (AvgIpc) is 3.32. The van der Waals surface area contributed by atoms with Crippen molar-refractivity contribution in [1.82, 2.24) is 24.4 Å². The van der Waals surface area contributed by atoms with Crippen LogP contribution in [0.1, 0.15) is 65.5 Å². The first-order chi connectivity index (χ1) is 19.3. The smallest absolute Gasteiger partial charge is 0.372 e. The molecule has 3 atom stereocenters. The number of hydrogen-bond donors (Lipinski definition) is 2. The van der Waals surface area contributed by atoms with Crippen LogP contribution in [0.5, 0.6) is 0 Å². The molecule has 3 N–H and O–H groups in total. The lowest BCUT2D eigenvalue weighted by molar-refractivity contribution is -0.169. The fourth-order valence-corrected chi connectivity index (χ4v) is 4.26. The summed E-state index contributed by atoms with van der Waals surface area (Å²) in [6.45, 7) is 12.7. The number of hydrogen-bond acceptors (Lipinski definition) is 7. The number of nitrogens with one attached hydrogen (secondary N) is 1. The van der Waals surface area contributed by atoms with Gasteiger partial charge in [0, 0.05) is 38.1 Å². The topological polar surface area (TPSA) is 165 Å². The number of primary amides is 1. The number of aromatic nitrogens is 3. The third kappa shape index (κ3) is 9.04. The van der Waals surface area contributed by atoms with Crippen LogP contribution >= 0.6 is 0 Å². The van der Waals surface area contributed by atoms with Crippen LogP contribution in [0.3, 0.4) is 0 Å². The summed E-state index contributed by atoms with van der Waals surface area (Å²) in [5.41, 5.74) is 4.53. The van der Waals surface area contributed by atoms with E-state index in [1.54, 1.807) is 19.4 Å². The Morgan fingerprint density at radius 3 is 2.36 bits per heavy atom. The Morgan fingerprint density at radius 2 is 1.90 bits per heavy atom. The lowest BCUT2D eigenvalue weighted by Gasteiger charge is -2.23. The second-order valence-corrected chi connectivity index (χ2v) is 11.6. The maximum Gasteiger partial charge on any atom is 0.470 e. The summed E-state index contributed by atoms with van der Waals surface area (Å²) in [7, 11) is 1.60. The molecule has 2 aromatic rings. The van der Waals surface area contributed by atoms with E-state index in [9.17, 15) is 27.6 Å². The van der Waals surface area contributed by atoms with Crippen molar-refractivity contribution in [1.29, 1.82) is 5.26 Å². The Bertz CT molecular complexity index is 1370. The summed E-state index contributed by atoms with van der Waals surface area (Å²) in [6, 6.07) is 1.03. The average molecular weight is 598 g/mol. The number of carbonyl (C=O) groups excluding carboxylic acids is 3. The van der Waals surface area contributed by atoms with Crippen molar-refractivity contribution in [3.05, 3.63) is 34.5 Å². The number of amides is 3. The van der Waals surface area contributed by atoms with Crippen LogP contribution in [0.2, 0.25) is 0 Å². The van der Waals surface area contributed by atoms with Gasteiger partial charge < -0.3 is 25.3 Å². The van der Waals surface area contributed by atoms with Crippen molar-refractivity contribution in [2.24, 2.45) is 24.1 Å². The molecule has 0 radical (unpaired) electrons. The molecule has 15 heteroatoms. The molecular weight excluding hydrogens is 559 g/mol. The number of likely N-dealkylation sites (tertiary alicyclic amines) is 1. The molecule has 2 aromatic heterocycles. The number of nitrogens with zero attached hydrogens (tertiary/aromatic N) is 5. The van der Waals surface area contributed by atoms with Gasteiger partial charge in [-0.3, -0.25) is 19.2 Å². The molecule has 1 aliphatic carbocycles. The first-order valence-electron chi connectivity index (χ1n) is 13.3. The maximum absolute atomic E-state index is 12.2. The van der Waals surface area contributed by atoms with Crippen LogP contribution in [0.25, 0.3) is 5.52 Å². The first kappa shape index (κ1) is 34.3. The number of nitriles is 1. The van der Waals surface area contributed by atoms with Gasteiger partial charge >= 0.3 is 12.1 Å². The number of rotatable bonds is 7. The lowest BCUT2D eigenvalue weighted by atomic mass is 9.84. The zero-order chi connectivity index (χ0) is 32.0. The molecule has 3 heterocycles. The van der Waals surface area contributed by atoms with Gasteiger partial charge in [0.05, 0.1) is 30.4 Å². The molecule has 1 saturated carbocycles. The molecule has 0 spiro atoms. The maximum atomic E-state index is 12.2. The van der Waals surface area contributed by atoms with Crippen LogP contribution in [0.4, 0.5) is 13.2 Å². The number of nitrogens with two attached hydrogens (primary N) is 1. The summed E-state index contributed by atoms with van der Waals surface area (Å²) in [6.07, 6.45) is 2.99. The normalized spacial score (nSPS) is 19.7. The van der Waals surface area contributed by atoms with Crippen LogP contribution in [-0.4, -0.2) is 68.3 Å². The van der Waals surface area contributed by atoms with Crippen LogP contribution in [-0.2, 0) is 26.2 Å². The molecule has 2 fully saturated rings. The number of halogens is 3. The van der Waals surface area contributed by atoms with Crippen LogP contribution in [0.15, 0.2) is 23.4 Å². The molecule has 0 bridgehead atoms. The van der Waals surface area contributed by atoms with E-state index in [4.69, 9.17) is 14.8 Å². The van der Waals surface area contributed by atoms with Crippen molar-refractivity contribution >= 4 is 23.7 Å². The quantitative estimate of drug-likeness (QED) is 0.462. The minimum Gasteiger partial charge on any atom is -0.372 e.